The second-order valence-corrected chi connectivity index (χ2v) is 6.25. The third kappa shape index (κ3) is 4.06. The SMILES string of the molecule is CCC(NC)c1ccc(OCc2cc(Br)cs2)cc1. The van der Waals surface area contributed by atoms with E-state index in [0.29, 0.717) is 12.6 Å². The molecule has 2 aromatic rings. The van der Waals surface area contributed by atoms with Crippen molar-refractivity contribution < 1.29 is 4.74 Å². The molecule has 0 fully saturated rings. The Bertz CT molecular complexity index is 505. The number of hydrogen-bond acceptors (Lipinski definition) is 3. The van der Waals surface area contributed by atoms with Gasteiger partial charge in [-0.05, 0) is 53.2 Å². The molecule has 1 atom stereocenters. The first kappa shape index (κ1) is 14.6. The average Bonchev–Trinajstić information content (AvgIpc) is 2.85. The van der Waals surface area contributed by atoms with Gasteiger partial charge in [0.2, 0.25) is 0 Å². The summed E-state index contributed by atoms with van der Waals surface area (Å²) in [4.78, 5) is 1.22. The molecule has 0 saturated carbocycles. The van der Waals surface area contributed by atoms with Crippen LogP contribution in [-0.4, -0.2) is 7.05 Å². The normalized spacial score (nSPS) is 12.4. The lowest BCUT2D eigenvalue weighted by atomic mass is 10.1. The second kappa shape index (κ2) is 7.08. The zero-order chi connectivity index (χ0) is 13.7. The lowest BCUT2D eigenvalue weighted by Crippen LogP contribution is -2.14. The monoisotopic (exact) mass is 339 g/mol. The van der Waals surface area contributed by atoms with Crippen LogP contribution in [0.25, 0.3) is 0 Å². The fourth-order valence-corrected chi connectivity index (χ4v) is 3.35. The number of thiophene rings is 1. The molecule has 1 aromatic carbocycles. The zero-order valence-electron chi connectivity index (χ0n) is 11.2. The standard InChI is InChI=1S/C15H18BrNOS/c1-3-15(17-2)11-4-6-13(7-5-11)18-9-14-8-12(16)10-19-14/h4-8,10,15,17H,3,9H2,1-2H3. The Labute approximate surface area is 126 Å². The minimum Gasteiger partial charge on any atom is -0.488 e. The fraction of sp³-hybridized carbons (Fsp3) is 0.333. The lowest BCUT2D eigenvalue weighted by Gasteiger charge is -2.14. The highest BCUT2D eigenvalue weighted by molar-refractivity contribution is 9.10. The van der Waals surface area contributed by atoms with E-state index < -0.39 is 0 Å². The minimum atomic E-state index is 0.419. The molecule has 1 heterocycles. The quantitative estimate of drug-likeness (QED) is 0.819. The van der Waals surface area contributed by atoms with E-state index in [9.17, 15) is 0 Å². The molecule has 0 aliphatic rings. The Morgan fingerprint density at radius 3 is 2.58 bits per heavy atom. The van der Waals surface area contributed by atoms with Crippen LogP contribution in [0.5, 0.6) is 5.75 Å². The molecule has 0 amide bonds. The molecule has 0 radical (unpaired) electrons. The van der Waals surface area contributed by atoms with Gasteiger partial charge in [-0.2, -0.15) is 0 Å². The van der Waals surface area contributed by atoms with E-state index in [0.717, 1.165) is 16.6 Å². The van der Waals surface area contributed by atoms with Crippen LogP contribution in [0.1, 0.15) is 29.8 Å². The summed E-state index contributed by atoms with van der Waals surface area (Å²) in [5.41, 5.74) is 1.30. The highest BCUT2D eigenvalue weighted by atomic mass is 79.9. The van der Waals surface area contributed by atoms with Crippen molar-refractivity contribution in [3.05, 3.63) is 50.6 Å². The smallest absolute Gasteiger partial charge is 0.122 e. The molecular formula is C15H18BrNOS. The molecule has 102 valence electrons. The van der Waals surface area contributed by atoms with Gasteiger partial charge in [-0.15, -0.1) is 11.3 Å². The highest BCUT2D eigenvalue weighted by Gasteiger charge is 2.06. The Kier molecular flexibility index (Phi) is 5.43. The summed E-state index contributed by atoms with van der Waals surface area (Å²) in [6.07, 6.45) is 1.08. The summed E-state index contributed by atoms with van der Waals surface area (Å²) in [7, 11) is 1.99. The predicted molar refractivity (Wildman–Crippen MR) is 84.9 cm³/mol. The molecule has 0 aliphatic heterocycles. The molecule has 1 N–H and O–H groups in total. The number of ether oxygens (including phenoxy) is 1. The Morgan fingerprint density at radius 2 is 2.05 bits per heavy atom. The topological polar surface area (TPSA) is 21.3 Å². The Hall–Kier alpha value is -0.840. The zero-order valence-corrected chi connectivity index (χ0v) is 13.6. The Balaban J connectivity index is 1.95. The maximum absolute atomic E-state index is 5.78. The van der Waals surface area contributed by atoms with Crippen LogP contribution >= 0.6 is 27.3 Å². The van der Waals surface area contributed by atoms with Gasteiger partial charge in [-0.3, -0.25) is 0 Å². The van der Waals surface area contributed by atoms with Crippen LogP contribution in [0.4, 0.5) is 0 Å². The van der Waals surface area contributed by atoms with Gasteiger partial charge in [0, 0.05) is 20.8 Å². The van der Waals surface area contributed by atoms with E-state index in [1.165, 1.54) is 10.4 Å². The molecule has 0 spiro atoms. The third-order valence-electron chi connectivity index (χ3n) is 3.04. The van der Waals surface area contributed by atoms with E-state index in [1.807, 2.05) is 19.2 Å². The first-order chi connectivity index (χ1) is 9.22. The molecular weight excluding hydrogens is 322 g/mol. The van der Waals surface area contributed by atoms with Crippen molar-refractivity contribution in [2.45, 2.75) is 26.0 Å². The molecule has 1 aromatic heterocycles. The number of halogens is 1. The highest BCUT2D eigenvalue weighted by Crippen LogP contribution is 2.23. The minimum absolute atomic E-state index is 0.419. The first-order valence-electron chi connectivity index (χ1n) is 6.36. The van der Waals surface area contributed by atoms with Crippen molar-refractivity contribution in [3.63, 3.8) is 0 Å². The van der Waals surface area contributed by atoms with Crippen molar-refractivity contribution >= 4 is 27.3 Å². The number of rotatable bonds is 6. The lowest BCUT2D eigenvalue weighted by molar-refractivity contribution is 0.309. The van der Waals surface area contributed by atoms with Crippen molar-refractivity contribution in [1.29, 1.82) is 0 Å². The summed E-state index contributed by atoms with van der Waals surface area (Å²) in [5.74, 6) is 0.916. The van der Waals surface area contributed by atoms with E-state index in [4.69, 9.17) is 4.74 Å². The van der Waals surface area contributed by atoms with Crippen LogP contribution in [0.2, 0.25) is 0 Å². The van der Waals surface area contributed by atoms with Crippen LogP contribution in [0.3, 0.4) is 0 Å². The van der Waals surface area contributed by atoms with Crippen LogP contribution < -0.4 is 10.1 Å². The van der Waals surface area contributed by atoms with Crippen molar-refractivity contribution in [3.8, 4) is 5.75 Å². The maximum atomic E-state index is 5.78. The van der Waals surface area contributed by atoms with Gasteiger partial charge in [0.25, 0.3) is 0 Å². The Morgan fingerprint density at radius 1 is 1.32 bits per heavy atom. The fourth-order valence-electron chi connectivity index (χ4n) is 1.99. The van der Waals surface area contributed by atoms with Crippen LogP contribution in [-0.2, 0) is 6.61 Å². The first-order valence-corrected chi connectivity index (χ1v) is 8.03. The largest absolute Gasteiger partial charge is 0.488 e. The molecule has 2 nitrogen and oxygen atoms in total. The van der Waals surface area contributed by atoms with Gasteiger partial charge in [0.15, 0.2) is 0 Å². The number of benzene rings is 1. The summed E-state index contributed by atoms with van der Waals surface area (Å²) < 4.78 is 6.89. The van der Waals surface area contributed by atoms with Gasteiger partial charge in [-0.25, -0.2) is 0 Å². The average molecular weight is 340 g/mol. The van der Waals surface area contributed by atoms with Crippen LogP contribution in [0, 0.1) is 0 Å². The van der Waals surface area contributed by atoms with E-state index in [2.05, 4.69) is 51.7 Å². The van der Waals surface area contributed by atoms with Gasteiger partial charge in [0.1, 0.15) is 12.4 Å². The van der Waals surface area contributed by atoms with E-state index in [-0.39, 0.29) is 0 Å². The van der Waals surface area contributed by atoms with Crippen molar-refractivity contribution in [2.75, 3.05) is 7.05 Å². The molecule has 0 bridgehead atoms. The summed E-state index contributed by atoms with van der Waals surface area (Å²) in [6.45, 7) is 2.80. The summed E-state index contributed by atoms with van der Waals surface area (Å²) in [6, 6.07) is 10.8. The molecule has 4 heteroatoms. The van der Waals surface area contributed by atoms with Crippen molar-refractivity contribution in [2.24, 2.45) is 0 Å². The predicted octanol–water partition coefficient (Wildman–Crippen LogP) is 4.76. The van der Waals surface area contributed by atoms with Crippen LogP contribution in [0.15, 0.2) is 40.2 Å². The third-order valence-corrected chi connectivity index (χ3v) is 4.71. The van der Waals surface area contributed by atoms with Gasteiger partial charge in [0.05, 0.1) is 0 Å². The molecule has 1 unspecified atom stereocenters. The van der Waals surface area contributed by atoms with Gasteiger partial charge >= 0.3 is 0 Å². The molecule has 0 aliphatic carbocycles. The molecule has 2 rings (SSSR count). The summed E-state index contributed by atoms with van der Waals surface area (Å²) >= 11 is 5.15. The molecule has 0 saturated heterocycles. The summed E-state index contributed by atoms with van der Waals surface area (Å²) in [5, 5.41) is 5.37. The van der Waals surface area contributed by atoms with E-state index in [1.54, 1.807) is 11.3 Å². The second-order valence-electron chi connectivity index (χ2n) is 4.34. The maximum Gasteiger partial charge on any atom is 0.122 e. The van der Waals surface area contributed by atoms with Crippen molar-refractivity contribution in [1.82, 2.24) is 5.32 Å². The molecule has 19 heavy (non-hydrogen) atoms. The number of hydrogen-bond donors (Lipinski definition) is 1. The van der Waals surface area contributed by atoms with E-state index >= 15 is 0 Å². The number of nitrogens with one attached hydrogen (secondary N) is 1. The van der Waals surface area contributed by atoms with Gasteiger partial charge in [-0.1, -0.05) is 19.1 Å². The van der Waals surface area contributed by atoms with Gasteiger partial charge < -0.3 is 10.1 Å².